The number of carbonyl (C=O) groups is 3. The van der Waals surface area contributed by atoms with Gasteiger partial charge in [0.2, 0.25) is 5.91 Å². The molecule has 3 amide bonds. The smallest absolute Gasteiger partial charge is 0.269 e. The monoisotopic (exact) mass is 887 g/mol. The van der Waals surface area contributed by atoms with Gasteiger partial charge in [0.15, 0.2) is 0 Å². The number of ether oxygens (including phenoxy) is 3. The molecule has 2 aliphatic heterocycles. The van der Waals surface area contributed by atoms with Crippen molar-refractivity contribution in [1.29, 1.82) is 0 Å². The number of benzene rings is 2. The number of nitrogens with zero attached hydrogens (tertiary/aromatic N) is 5. The molecule has 3 aromatic heterocycles. The van der Waals surface area contributed by atoms with Gasteiger partial charge >= 0.3 is 0 Å². The number of hydrogen-bond donors (Lipinski definition) is 4. The van der Waals surface area contributed by atoms with E-state index in [-0.39, 0.29) is 42.4 Å². The van der Waals surface area contributed by atoms with Crippen LogP contribution in [0.4, 0.5) is 5.69 Å². The first-order valence-electron chi connectivity index (χ1n) is 22.7. The first-order chi connectivity index (χ1) is 31.7. The van der Waals surface area contributed by atoms with Gasteiger partial charge in [0.25, 0.3) is 17.4 Å². The Labute approximate surface area is 380 Å². The second-order valence-corrected chi connectivity index (χ2v) is 16.4. The van der Waals surface area contributed by atoms with Crippen LogP contribution in [-0.2, 0) is 29.0 Å². The van der Waals surface area contributed by atoms with Gasteiger partial charge in [-0.15, -0.1) is 0 Å². The van der Waals surface area contributed by atoms with Crippen molar-refractivity contribution in [3.63, 3.8) is 0 Å². The van der Waals surface area contributed by atoms with E-state index in [0.29, 0.717) is 63.6 Å². The van der Waals surface area contributed by atoms with Crippen LogP contribution in [0.2, 0.25) is 0 Å². The number of piperazine rings is 1. The third-order valence-electron chi connectivity index (χ3n) is 12.0. The van der Waals surface area contributed by atoms with Gasteiger partial charge in [-0.3, -0.25) is 29.1 Å². The van der Waals surface area contributed by atoms with E-state index in [9.17, 15) is 19.2 Å². The number of aromatic nitrogens is 3. The van der Waals surface area contributed by atoms with Crippen LogP contribution in [0.1, 0.15) is 75.7 Å². The Bertz CT molecular complexity index is 2450. The minimum atomic E-state index is -0.280. The minimum Gasteiger partial charge on any atom is -0.497 e. The van der Waals surface area contributed by atoms with Crippen LogP contribution >= 0.6 is 0 Å². The molecule has 16 heteroatoms. The van der Waals surface area contributed by atoms with Gasteiger partial charge in [-0.2, -0.15) is 0 Å². The number of likely N-dealkylation sites (tertiary alicyclic amines) is 1. The third kappa shape index (κ3) is 12.7. The Morgan fingerprint density at radius 3 is 2.43 bits per heavy atom. The molecule has 4 N–H and O–H groups in total. The predicted molar refractivity (Wildman–Crippen MR) is 250 cm³/mol. The van der Waals surface area contributed by atoms with Crippen molar-refractivity contribution in [3.05, 3.63) is 123 Å². The van der Waals surface area contributed by atoms with E-state index >= 15 is 0 Å². The van der Waals surface area contributed by atoms with E-state index < -0.39 is 0 Å². The Morgan fingerprint density at radius 1 is 0.862 bits per heavy atom. The number of pyridine rings is 3. The number of H-pyrrole nitrogens is 1. The Balaban J connectivity index is 0.765. The van der Waals surface area contributed by atoms with Gasteiger partial charge < -0.3 is 44.9 Å². The fourth-order valence-electron chi connectivity index (χ4n) is 8.34. The zero-order valence-electron chi connectivity index (χ0n) is 37.7. The van der Waals surface area contributed by atoms with Gasteiger partial charge in [-0.1, -0.05) is 25.1 Å². The van der Waals surface area contributed by atoms with E-state index in [1.807, 2.05) is 79.5 Å². The van der Waals surface area contributed by atoms with Gasteiger partial charge in [0.1, 0.15) is 17.2 Å². The van der Waals surface area contributed by atoms with Crippen molar-refractivity contribution in [3.8, 4) is 11.5 Å². The molecule has 2 aromatic carbocycles. The van der Waals surface area contributed by atoms with E-state index in [2.05, 4.69) is 40.7 Å². The summed E-state index contributed by atoms with van der Waals surface area (Å²) in [6.07, 6.45) is 6.12. The van der Waals surface area contributed by atoms with Gasteiger partial charge in [-0.25, -0.2) is 4.98 Å². The van der Waals surface area contributed by atoms with Gasteiger partial charge in [0, 0.05) is 100 Å². The molecule has 0 spiro atoms. The molecule has 344 valence electrons. The molecule has 2 saturated heterocycles. The highest BCUT2D eigenvalue weighted by Gasteiger charge is 2.25. The molecule has 7 rings (SSSR count). The number of hydrogen-bond acceptors (Lipinski definition) is 12. The molecular weight excluding hydrogens is 827 g/mol. The van der Waals surface area contributed by atoms with Crippen LogP contribution in [0, 0.1) is 0 Å². The van der Waals surface area contributed by atoms with Gasteiger partial charge in [0.05, 0.1) is 56.4 Å². The summed E-state index contributed by atoms with van der Waals surface area (Å²) < 4.78 is 16.8. The number of aromatic amines is 1. The molecule has 65 heavy (non-hydrogen) atoms. The van der Waals surface area contributed by atoms with Crippen LogP contribution < -0.4 is 35.9 Å². The Morgan fingerprint density at radius 2 is 1.68 bits per heavy atom. The van der Waals surface area contributed by atoms with Crippen LogP contribution in [0.5, 0.6) is 11.5 Å². The van der Waals surface area contributed by atoms with Crippen LogP contribution in [-0.4, -0.2) is 128 Å². The number of carbonyl (C=O) groups excluding carboxylic acids is 3. The molecule has 2 aliphatic rings. The normalized spacial score (nSPS) is 15.5. The molecule has 0 bridgehead atoms. The highest BCUT2D eigenvalue weighted by molar-refractivity contribution is 5.94. The molecule has 5 aromatic rings. The van der Waals surface area contributed by atoms with E-state index in [1.54, 1.807) is 25.4 Å². The lowest BCUT2D eigenvalue weighted by molar-refractivity contribution is -0.131. The summed E-state index contributed by atoms with van der Waals surface area (Å²) in [6, 6.07) is 20.9. The van der Waals surface area contributed by atoms with Crippen molar-refractivity contribution >= 4 is 34.4 Å². The summed E-state index contributed by atoms with van der Waals surface area (Å²) in [7, 11) is 1.62. The van der Waals surface area contributed by atoms with E-state index in [0.717, 1.165) is 96.0 Å². The second kappa shape index (κ2) is 23.0. The molecule has 2 fully saturated rings. The molecule has 0 saturated carbocycles. The van der Waals surface area contributed by atoms with Crippen molar-refractivity contribution in [2.24, 2.45) is 0 Å². The number of amides is 3. The number of piperidine rings is 1. The number of aryl methyl sites for hydroxylation is 1. The summed E-state index contributed by atoms with van der Waals surface area (Å²) in [6.45, 7) is 11.7. The maximum absolute atomic E-state index is 13.2. The SMILES string of the molecule is CCOc1cc(OC)ccc1CNCC(=O)N1CCCC(c2cccc(C(=O)NCCOCCNC(=O)c3ccc(N4CCN(Cc5cnc6cc(CC)c(=O)[nH]c6c5)CC4)cn3)c2)C1. The van der Waals surface area contributed by atoms with Crippen molar-refractivity contribution in [2.75, 3.05) is 90.7 Å². The first kappa shape index (κ1) is 46.6. The number of anilines is 1. The predicted octanol–water partition coefficient (Wildman–Crippen LogP) is 4.28. The topological polar surface area (TPSA) is 183 Å². The number of fused-ring (bicyclic) bond motifs is 1. The molecule has 1 unspecified atom stereocenters. The van der Waals surface area contributed by atoms with Gasteiger partial charge in [-0.05, 0) is 79.8 Å². The summed E-state index contributed by atoms with van der Waals surface area (Å²) in [5.41, 5.74) is 7.15. The summed E-state index contributed by atoms with van der Waals surface area (Å²) in [5, 5.41) is 9.05. The molecule has 0 aliphatic carbocycles. The van der Waals surface area contributed by atoms with Crippen molar-refractivity contribution in [2.45, 2.75) is 52.1 Å². The second-order valence-electron chi connectivity index (χ2n) is 16.4. The largest absolute Gasteiger partial charge is 0.497 e. The van der Waals surface area contributed by atoms with Crippen LogP contribution in [0.3, 0.4) is 0 Å². The number of nitrogens with one attached hydrogen (secondary N) is 4. The lowest BCUT2D eigenvalue weighted by atomic mass is 9.89. The Hall–Kier alpha value is -6.36. The molecule has 16 nitrogen and oxygen atoms in total. The highest BCUT2D eigenvalue weighted by atomic mass is 16.5. The quantitative estimate of drug-likeness (QED) is 0.0816. The zero-order valence-corrected chi connectivity index (χ0v) is 37.7. The molecule has 5 heterocycles. The van der Waals surface area contributed by atoms with E-state index in [4.69, 9.17) is 14.2 Å². The average Bonchev–Trinajstić information content (AvgIpc) is 3.34. The fraction of sp³-hybridized carbons (Fsp3) is 0.429. The summed E-state index contributed by atoms with van der Waals surface area (Å²) in [4.78, 5) is 69.9. The zero-order chi connectivity index (χ0) is 45.5. The maximum atomic E-state index is 13.2. The standard InChI is InChI=1S/C49H61N9O7/c1-4-35-26-43-44(55-48(35)61)24-34(28-53-43)32-56-18-20-57(21-19-56)40-12-14-42(54-30-40)49(62)52-16-23-64-22-15-51-47(60)37-9-6-8-36(25-37)39-10-7-17-58(33-39)46(59)31-50-29-38-11-13-41(63-3)27-45(38)65-5-2/h6,8-9,11-14,24-28,30,39,50H,4-5,7,10,15-23,29,31-33H2,1-3H3,(H,51,60)(H,52,62)(H,55,61). The first-order valence-corrected chi connectivity index (χ1v) is 22.7. The maximum Gasteiger partial charge on any atom is 0.269 e. The van der Waals surface area contributed by atoms with Crippen LogP contribution in [0.25, 0.3) is 11.0 Å². The van der Waals surface area contributed by atoms with Crippen molar-refractivity contribution < 1.29 is 28.6 Å². The van der Waals surface area contributed by atoms with Crippen LogP contribution in [0.15, 0.2) is 83.9 Å². The van der Waals surface area contributed by atoms with Crippen molar-refractivity contribution in [1.82, 2.24) is 40.7 Å². The lowest BCUT2D eigenvalue weighted by Gasteiger charge is -2.36. The molecular formula is C49H61N9O7. The summed E-state index contributed by atoms with van der Waals surface area (Å²) >= 11 is 0. The molecule has 0 radical (unpaired) electrons. The highest BCUT2D eigenvalue weighted by Crippen LogP contribution is 2.28. The lowest BCUT2D eigenvalue weighted by Crippen LogP contribution is -2.46. The summed E-state index contributed by atoms with van der Waals surface area (Å²) in [5.74, 6) is 1.17. The van der Waals surface area contributed by atoms with E-state index in [1.165, 1.54) is 0 Å². The number of methoxy groups -OCH3 is 1. The fourth-order valence-corrected chi connectivity index (χ4v) is 8.34. The third-order valence-corrected chi connectivity index (χ3v) is 12.0. The molecule has 1 atom stereocenters. The Kier molecular flexibility index (Phi) is 16.5. The average molecular weight is 888 g/mol. The minimum absolute atomic E-state index is 0.0436. The number of rotatable bonds is 20.